The van der Waals surface area contributed by atoms with E-state index in [0.29, 0.717) is 22.7 Å². The fraction of sp³-hybridized carbons (Fsp3) is 0.379. The smallest absolute Gasteiger partial charge is 0.251 e. The van der Waals surface area contributed by atoms with E-state index in [2.05, 4.69) is 10.3 Å². The molecule has 0 aliphatic heterocycles. The fourth-order valence-corrected chi connectivity index (χ4v) is 6.21. The Balaban J connectivity index is 1.32. The number of aromatic nitrogens is 1. The van der Waals surface area contributed by atoms with Gasteiger partial charge in [0.25, 0.3) is 5.91 Å². The average Bonchev–Trinajstić information content (AvgIpc) is 3.46. The number of ether oxygens (including phenoxy) is 1. The quantitative estimate of drug-likeness (QED) is 0.461. The molecule has 180 valence electrons. The molecule has 3 atom stereocenters. The van der Waals surface area contributed by atoms with Crippen molar-refractivity contribution >= 4 is 5.91 Å². The first-order valence-corrected chi connectivity index (χ1v) is 12.5. The predicted molar refractivity (Wildman–Crippen MR) is 128 cm³/mol. The van der Waals surface area contributed by atoms with E-state index in [-0.39, 0.29) is 30.2 Å². The van der Waals surface area contributed by atoms with Gasteiger partial charge in [-0.25, -0.2) is 4.39 Å². The van der Waals surface area contributed by atoms with Gasteiger partial charge in [0.2, 0.25) is 5.82 Å². The third-order valence-electron chi connectivity index (χ3n) is 8.05. The van der Waals surface area contributed by atoms with Gasteiger partial charge in [0, 0.05) is 28.8 Å². The molecule has 1 N–H and O–H groups in total. The van der Waals surface area contributed by atoms with Crippen LogP contribution < -0.4 is 10.1 Å². The minimum Gasteiger partial charge on any atom is -0.484 e. The van der Waals surface area contributed by atoms with Gasteiger partial charge in [0.15, 0.2) is 11.6 Å². The third kappa shape index (κ3) is 3.99. The number of nitrogens with zero attached hydrogens (tertiary/aromatic N) is 1. The van der Waals surface area contributed by atoms with Crippen LogP contribution in [0.4, 0.5) is 8.78 Å². The standard InChI is InChI=1S/C29H28F2N2O2/c30-26-24(12-13-25(27(26)31)35-17-23-3-1-2-14-32-23)29(16-18-4-7-21(29)15-18)20-8-5-19(6-9-20)28(34)33-22-10-11-22/h1-3,5-6,8-9,12-14,18,21-22H,4,7,10-11,15-17H2,(H,33,34). The lowest BCUT2D eigenvalue weighted by Gasteiger charge is -2.39. The summed E-state index contributed by atoms with van der Waals surface area (Å²) in [4.78, 5) is 16.6. The Morgan fingerprint density at radius 1 is 1.00 bits per heavy atom. The van der Waals surface area contributed by atoms with Crippen LogP contribution in [0.25, 0.3) is 0 Å². The van der Waals surface area contributed by atoms with Crippen LogP contribution in [0.3, 0.4) is 0 Å². The van der Waals surface area contributed by atoms with E-state index in [9.17, 15) is 4.79 Å². The molecule has 0 radical (unpaired) electrons. The molecule has 1 aromatic heterocycles. The lowest BCUT2D eigenvalue weighted by molar-refractivity contribution is 0.0951. The van der Waals surface area contributed by atoms with Crippen molar-refractivity contribution in [2.75, 3.05) is 0 Å². The maximum Gasteiger partial charge on any atom is 0.251 e. The van der Waals surface area contributed by atoms with E-state index in [1.54, 1.807) is 30.5 Å². The highest BCUT2D eigenvalue weighted by Gasteiger charge is 2.54. The van der Waals surface area contributed by atoms with Crippen molar-refractivity contribution in [2.45, 2.75) is 56.6 Å². The molecule has 2 bridgehead atoms. The van der Waals surface area contributed by atoms with Gasteiger partial charge < -0.3 is 10.1 Å². The van der Waals surface area contributed by atoms with Crippen molar-refractivity contribution in [1.82, 2.24) is 10.3 Å². The molecule has 6 rings (SSSR count). The number of carbonyl (C=O) groups is 1. The Morgan fingerprint density at radius 2 is 1.83 bits per heavy atom. The molecule has 1 heterocycles. The van der Waals surface area contributed by atoms with E-state index in [0.717, 1.165) is 44.1 Å². The summed E-state index contributed by atoms with van der Waals surface area (Å²) < 4.78 is 36.6. The van der Waals surface area contributed by atoms with Crippen LogP contribution in [0.5, 0.6) is 5.75 Å². The Hall–Kier alpha value is -3.28. The Morgan fingerprint density at radius 3 is 2.49 bits per heavy atom. The highest BCUT2D eigenvalue weighted by Crippen LogP contribution is 2.60. The molecular weight excluding hydrogens is 446 g/mol. The highest BCUT2D eigenvalue weighted by atomic mass is 19.2. The first-order valence-electron chi connectivity index (χ1n) is 12.5. The summed E-state index contributed by atoms with van der Waals surface area (Å²) in [7, 11) is 0. The van der Waals surface area contributed by atoms with Crippen molar-refractivity contribution in [2.24, 2.45) is 11.8 Å². The van der Waals surface area contributed by atoms with Crippen molar-refractivity contribution in [1.29, 1.82) is 0 Å². The van der Waals surface area contributed by atoms with Crippen molar-refractivity contribution in [3.8, 4) is 5.75 Å². The summed E-state index contributed by atoms with van der Waals surface area (Å²) in [6.45, 7) is 0.0662. The molecule has 3 unspecified atom stereocenters. The zero-order chi connectivity index (χ0) is 24.0. The van der Waals surface area contributed by atoms with Crippen LogP contribution in [0.1, 0.15) is 65.7 Å². The summed E-state index contributed by atoms with van der Waals surface area (Å²) in [6.07, 6.45) is 7.62. The molecule has 3 saturated carbocycles. The van der Waals surface area contributed by atoms with E-state index >= 15 is 8.78 Å². The zero-order valence-corrected chi connectivity index (χ0v) is 19.5. The largest absolute Gasteiger partial charge is 0.484 e. The van der Waals surface area contributed by atoms with Gasteiger partial charge in [-0.2, -0.15) is 4.39 Å². The van der Waals surface area contributed by atoms with Gasteiger partial charge in [-0.1, -0.05) is 30.7 Å². The Labute approximate surface area is 203 Å². The number of amides is 1. The second-order valence-corrected chi connectivity index (χ2v) is 10.2. The number of nitrogens with one attached hydrogen (secondary N) is 1. The number of rotatable bonds is 7. The summed E-state index contributed by atoms with van der Waals surface area (Å²) in [5, 5.41) is 3.01. The van der Waals surface area contributed by atoms with Crippen LogP contribution in [0.15, 0.2) is 60.8 Å². The van der Waals surface area contributed by atoms with Gasteiger partial charge in [-0.15, -0.1) is 0 Å². The van der Waals surface area contributed by atoms with Crippen molar-refractivity contribution < 1.29 is 18.3 Å². The number of hydrogen-bond acceptors (Lipinski definition) is 3. The molecule has 3 aliphatic carbocycles. The highest BCUT2D eigenvalue weighted by molar-refractivity contribution is 5.94. The summed E-state index contributed by atoms with van der Waals surface area (Å²) in [5.74, 6) is -1.24. The van der Waals surface area contributed by atoms with Crippen molar-refractivity contribution in [3.63, 3.8) is 0 Å². The number of halogens is 2. The topological polar surface area (TPSA) is 51.2 Å². The van der Waals surface area contributed by atoms with Crippen LogP contribution in [0, 0.1) is 23.5 Å². The predicted octanol–water partition coefficient (Wildman–Crippen LogP) is 5.94. The average molecular weight is 475 g/mol. The number of pyridine rings is 1. The van der Waals surface area contributed by atoms with Gasteiger partial charge in [-0.05, 0) is 79.8 Å². The zero-order valence-electron chi connectivity index (χ0n) is 19.5. The molecule has 6 heteroatoms. The van der Waals surface area contributed by atoms with Crippen LogP contribution in [-0.2, 0) is 12.0 Å². The van der Waals surface area contributed by atoms with E-state index in [1.807, 2.05) is 30.3 Å². The molecule has 3 aromatic rings. The molecule has 2 aromatic carbocycles. The van der Waals surface area contributed by atoms with Gasteiger partial charge in [0.05, 0.1) is 5.69 Å². The lowest BCUT2D eigenvalue weighted by atomic mass is 9.64. The van der Waals surface area contributed by atoms with Crippen LogP contribution in [-0.4, -0.2) is 16.9 Å². The molecule has 1 amide bonds. The fourth-order valence-electron chi connectivity index (χ4n) is 6.21. The van der Waals surface area contributed by atoms with Crippen molar-refractivity contribution in [3.05, 3.63) is 94.8 Å². The molecule has 4 nitrogen and oxygen atoms in total. The Bertz CT molecular complexity index is 1240. The number of carbonyl (C=O) groups excluding carboxylic acids is 1. The van der Waals surface area contributed by atoms with E-state index < -0.39 is 17.0 Å². The summed E-state index contributed by atoms with van der Waals surface area (Å²) in [6, 6.07) is 16.4. The summed E-state index contributed by atoms with van der Waals surface area (Å²) >= 11 is 0. The van der Waals surface area contributed by atoms with E-state index in [4.69, 9.17) is 4.74 Å². The molecular formula is C29H28F2N2O2. The first kappa shape index (κ1) is 22.2. The van der Waals surface area contributed by atoms with Gasteiger partial charge in [-0.3, -0.25) is 9.78 Å². The maximum atomic E-state index is 15.7. The normalized spacial score (nSPS) is 25.0. The van der Waals surface area contributed by atoms with Gasteiger partial charge >= 0.3 is 0 Å². The van der Waals surface area contributed by atoms with E-state index in [1.165, 1.54) is 0 Å². The minimum atomic E-state index is -0.957. The lowest BCUT2D eigenvalue weighted by Crippen LogP contribution is -2.35. The number of benzene rings is 2. The van der Waals surface area contributed by atoms with Gasteiger partial charge in [0.1, 0.15) is 6.61 Å². The minimum absolute atomic E-state index is 0.0662. The SMILES string of the molecule is O=C(NC1CC1)c1ccc(C2(c3ccc(OCc4ccccn4)c(F)c3F)CC3CCC2C3)cc1. The molecule has 0 spiro atoms. The molecule has 3 aliphatic rings. The monoisotopic (exact) mass is 474 g/mol. The molecule has 0 saturated heterocycles. The molecule has 35 heavy (non-hydrogen) atoms. The third-order valence-corrected chi connectivity index (χ3v) is 8.05. The second-order valence-electron chi connectivity index (χ2n) is 10.2. The number of hydrogen-bond donors (Lipinski definition) is 1. The Kier molecular flexibility index (Phi) is 5.54. The molecule has 3 fully saturated rings. The summed E-state index contributed by atoms with van der Waals surface area (Å²) in [5.41, 5.74) is 1.99. The van der Waals surface area contributed by atoms with Crippen LogP contribution >= 0.6 is 0 Å². The number of fused-ring (bicyclic) bond motifs is 2. The van der Waals surface area contributed by atoms with Crippen LogP contribution in [0.2, 0.25) is 0 Å². The first-order chi connectivity index (χ1) is 17.0. The maximum absolute atomic E-state index is 15.7. The second kappa shape index (κ2) is 8.74.